The lowest BCUT2D eigenvalue weighted by Gasteiger charge is -2.33. The highest BCUT2D eigenvalue weighted by Crippen LogP contribution is 2.47. The minimum atomic E-state index is -0.122. The van der Waals surface area contributed by atoms with Crippen LogP contribution in [0, 0.1) is 11.3 Å². The molecule has 0 radical (unpaired) electrons. The number of piperidine rings is 1. The normalized spacial score (nSPS) is 30.1. The molecule has 15 heavy (non-hydrogen) atoms. The molecule has 2 fully saturated rings. The molecule has 2 N–H and O–H groups in total. The topological polar surface area (TPSA) is 46.3 Å². The Bertz CT molecular complexity index is 253. The van der Waals surface area contributed by atoms with Crippen molar-refractivity contribution in [2.75, 3.05) is 25.0 Å². The molecule has 1 aliphatic heterocycles. The number of halogens is 1. The Labute approximate surface area is 99.5 Å². The van der Waals surface area contributed by atoms with Gasteiger partial charge in [0.2, 0.25) is 5.91 Å². The van der Waals surface area contributed by atoms with Crippen molar-refractivity contribution in [2.24, 2.45) is 17.1 Å². The largest absolute Gasteiger partial charge is 0.369 e. The average molecular weight is 275 g/mol. The van der Waals surface area contributed by atoms with Gasteiger partial charge in [-0.15, -0.1) is 0 Å². The van der Waals surface area contributed by atoms with Crippen molar-refractivity contribution >= 4 is 21.8 Å². The summed E-state index contributed by atoms with van der Waals surface area (Å²) in [6.07, 6.45) is 4.76. The van der Waals surface area contributed by atoms with Gasteiger partial charge in [0.1, 0.15) is 0 Å². The summed E-state index contributed by atoms with van der Waals surface area (Å²) in [5.41, 5.74) is 5.88. The molecule has 86 valence electrons. The fourth-order valence-electron chi connectivity index (χ4n) is 2.42. The molecule has 2 rings (SSSR count). The van der Waals surface area contributed by atoms with E-state index in [2.05, 4.69) is 20.8 Å². The van der Waals surface area contributed by atoms with E-state index in [1.165, 1.54) is 12.8 Å². The van der Waals surface area contributed by atoms with Crippen LogP contribution in [-0.4, -0.2) is 35.8 Å². The van der Waals surface area contributed by atoms with Crippen molar-refractivity contribution in [1.82, 2.24) is 4.90 Å². The number of likely N-dealkylation sites (tertiary alicyclic amines) is 1. The van der Waals surface area contributed by atoms with Crippen LogP contribution in [0.4, 0.5) is 0 Å². The zero-order valence-electron chi connectivity index (χ0n) is 9.04. The second-order valence-electron chi connectivity index (χ2n) is 5.11. The van der Waals surface area contributed by atoms with Gasteiger partial charge in [0, 0.05) is 18.4 Å². The Morgan fingerprint density at radius 2 is 2.27 bits per heavy atom. The highest BCUT2D eigenvalue weighted by molar-refractivity contribution is 9.09. The van der Waals surface area contributed by atoms with Crippen LogP contribution in [0.3, 0.4) is 0 Å². The number of hydrogen-bond donors (Lipinski definition) is 1. The molecule has 2 aliphatic rings. The Kier molecular flexibility index (Phi) is 3.36. The molecule has 0 aromatic heterocycles. The van der Waals surface area contributed by atoms with Crippen LogP contribution in [0.1, 0.15) is 25.7 Å². The summed E-state index contributed by atoms with van der Waals surface area (Å²) in [5.74, 6) is -0.0340. The number of primary amides is 1. The molecule has 0 spiro atoms. The molecule has 1 heterocycles. The van der Waals surface area contributed by atoms with Gasteiger partial charge in [0.05, 0.1) is 5.92 Å². The third-order valence-corrected chi connectivity index (χ3v) is 4.90. The van der Waals surface area contributed by atoms with Crippen molar-refractivity contribution < 1.29 is 4.79 Å². The van der Waals surface area contributed by atoms with Crippen LogP contribution in [-0.2, 0) is 4.79 Å². The third kappa shape index (κ3) is 2.72. The van der Waals surface area contributed by atoms with Crippen LogP contribution in [0.25, 0.3) is 0 Å². The molecule has 1 unspecified atom stereocenters. The number of hydrogen-bond acceptors (Lipinski definition) is 2. The number of carbonyl (C=O) groups is 1. The Morgan fingerprint density at radius 3 is 2.80 bits per heavy atom. The van der Waals surface area contributed by atoms with Crippen molar-refractivity contribution in [3.8, 4) is 0 Å². The van der Waals surface area contributed by atoms with Crippen molar-refractivity contribution in [3.05, 3.63) is 0 Å². The maximum Gasteiger partial charge on any atom is 0.221 e. The number of nitrogens with zero attached hydrogens (tertiary/aromatic N) is 1. The van der Waals surface area contributed by atoms with Gasteiger partial charge in [-0.25, -0.2) is 0 Å². The lowest BCUT2D eigenvalue weighted by molar-refractivity contribution is -0.123. The van der Waals surface area contributed by atoms with E-state index in [9.17, 15) is 4.79 Å². The standard InChI is InChI=1S/C11H19BrN2O/c12-7-11(3-4-11)8-14-5-1-2-9(6-14)10(13)15/h9H,1-8H2,(H2,13,15). The van der Waals surface area contributed by atoms with E-state index >= 15 is 0 Å². The van der Waals surface area contributed by atoms with Gasteiger partial charge >= 0.3 is 0 Å². The van der Waals surface area contributed by atoms with Crippen LogP contribution in [0.2, 0.25) is 0 Å². The van der Waals surface area contributed by atoms with E-state index in [-0.39, 0.29) is 11.8 Å². The molecule has 1 saturated heterocycles. The second-order valence-corrected chi connectivity index (χ2v) is 5.67. The van der Waals surface area contributed by atoms with Gasteiger partial charge in [0.15, 0.2) is 0 Å². The molecular formula is C11H19BrN2O. The van der Waals surface area contributed by atoms with E-state index < -0.39 is 0 Å². The third-order valence-electron chi connectivity index (χ3n) is 3.71. The van der Waals surface area contributed by atoms with Crippen molar-refractivity contribution in [2.45, 2.75) is 25.7 Å². The Balaban J connectivity index is 1.85. The van der Waals surface area contributed by atoms with Gasteiger partial charge in [-0.2, -0.15) is 0 Å². The predicted octanol–water partition coefficient (Wildman–Crippen LogP) is 1.36. The molecule has 0 bridgehead atoms. The van der Waals surface area contributed by atoms with Gasteiger partial charge in [-0.1, -0.05) is 15.9 Å². The van der Waals surface area contributed by atoms with Crippen LogP contribution >= 0.6 is 15.9 Å². The first-order chi connectivity index (χ1) is 7.15. The van der Waals surface area contributed by atoms with Gasteiger partial charge < -0.3 is 10.6 Å². The summed E-state index contributed by atoms with van der Waals surface area (Å²) in [6, 6.07) is 0. The predicted molar refractivity (Wildman–Crippen MR) is 63.8 cm³/mol. The summed E-state index contributed by atoms with van der Waals surface area (Å²) in [7, 11) is 0. The maximum atomic E-state index is 11.1. The van der Waals surface area contributed by atoms with Crippen LogP contribution < -0.4 is 5.73 Å². The van der Waals surface area contributed by atoms with Gasteiger partial charge in [-0.3, -0.25) is 4.79 Å². The number of nitrogens with two attached hydrogens (primary N) is 1. The summed E-state index contributed by atoms with van der Waals surface area (Å²) in [6.45, 7) is 3.16. The first-order valence-corrected chi connectivity index (χ1v) is 6.85. The van der Waals surface area contributed by atoms with E-state index in [0.717, 1.165) is 37.8 Å². The molecular weight excluding hydrogens is 256 g/mol. The zero-order valence-corrected chi connectivity index (χ0v) is 10.6. The van der Waals surface area contributed by atoms with Crippen LogP contribution in [0.15, 0.2) is 0 Å². The summed E-state index contributed by atoms with van der Waals surface area (Å²) >= 11 is 3.59. The highest BCUT2D eigenvalue weighted by Gasteiger charge is 2.43. The van der Waals surface area contributed by atoms with E-state index in [4.69, 9.17) is 5.73 Å². The molecule has 4 heteroatoms. The quantitative estimate of drug-likeness (QED) is 0.787. The van der Waals surface area contributed by atoms with E-state index in [1.54, 1.807) is 0 Å². The van der Waals surface area contributed by atoms with Gasteiger partial charge in [-0.05, 0) is 37.6 Å². The van der Waals surface area contributed by atoms with E-state index in [0.29, 0.717) is 5.41 Å². The Morgan fingerprint density at radius 1 is 1.53 bits per heavy atom. The smallest absolute Gasteiger partial charge is 0.221 e. The van der Waals surface area contributed by atoms with Crippen LogP contribution in [0.5, 0.6) is 0 Å². The molecule has 0 aromatic rings. The molecule has 1 saturated carbocycles. The second kappa shape index (κ2) is 4.42. The Hall–Kier alpha value is -0.0900. The average Bonchev–Trinajstić information content (AvgIpc) is 2.99. The van der Waals surface area contributed by atoms with Crippen molar-refractivity contribution in [1.29, 1.82) is 0 Å². The fraction of sp³-hybridized carbons (Fsp3) is 0.909. The maximum absolute atomic E-state index is 11.1. The highest BCUT2D eigenvalue weighted by atomic mass is 79.9. The molecule has 3 nitrogen and oxygen atoms in total. The first kappa shape index (κ1) is 11.4. The minimum Gasteiger partial charge on any atom is -0.369 e. The lowest BCUT2D eigenvalue weighted by Crippen LogP contribution is -2.43. The summed E-state index contributed by atoms with van der Waals surface area (Å²) < 4.78 is 0. The molecule has 0 aromatic carbocycles. The summed E-state index contributed by atoms with van der Waals surface area (Å²) in [4.78, 5) is 13.6. The molecule has 1 amide bonds. The lowest BCUT2D eigenvalue weighted by atomic mass is 9.96. The summed E-state index contributed by atoms with van der Waals surface area (Å²) in [5, 5.41) is 1.09. The first-order valence-electron chi connectivity index (χ1n) is 5.73. The number of rotatable bonds is 4. The van der Waals surface area contributed by atoms with Crippen molar-refractivity contribution in [3.63, 3.8) is 0 Å². The van der Waals surface area contributed by atoms with E-state index in [1.807, 2.05) is 0 Å². The zero-order chi connectivity index (χ0) is 10.9. The molecule has 1 atom stereocenters. The van der Waals surface area contributed by atoms with Gasteiger partial charge in [0.25, 0.3) is 0 Å². The fourth-order valence-corrected chi connectivity index (χ4v) is 3.15. The minimum absolute atomic E-state index is 0.0878. The number of amides is 1. The number of carbonyl (C=O) groups excluding carboxylic acids is 1. The molecule has 1 aliphatic carbocycles. The number of alkyl halides is 1. The SMILES string of the molecule is NC(=O)C1CCCN(CC2(CBr)CC2)C1. The monoisotopic (exact) mass is 274 g/mol.